The average Bonchev–Trinajstić information content (AvgIpc) is 1.88. The normalized spacial score (nSPS) is 8.33. The summed E-state index contributed by atoms with van der Waals surface area (Å²) in [6.07, 6.45) is 1.38. The molecule has 3 nitrogen and oxygen atoms in total. The second kappa shape index (κ2) is 2.14. The first-order valence-electron chi connectivity index (χ1n) is 2.38. The smallest absolute Gasteiger partial charge is 0.212 e. The summed E-state index contributed by atoms with van der Waals surface area (Å²) in [5.74, 6) is -0.117. The second-order valence-electron chi connectivity index (χ2n) is 1.51. The number of nitriles is 1. The molecule has 0 spiro atoms. The Balaban J connectivity index is 3.12. The zero-order chi connectivity index (χ0) is 6.69. The molecule has 44 valence electrons. The Bertz CT molecular complexity index is 251. The molecule has 0 amide bonds. The van der Waals surface area contributed by atoms with Crippen LogP contribution >= 0.6 is 0 Å². The van der Waals surface area contributed by atoms with E-state index in [2.05, 4.69) is 4.98 Å². The predicted octanol–water partition coefficient (Wildman–Crippen LogP) is 0.659. The van der Waals surface area contributed by atoms with Crippen LogP contribution in [0, 0.1) is 11.3 Å². The zero-order valence-electron chi connectivity index (χ0n) is 4.57. The van der Waals surface area contributed by atoms with E-state index in [0.717, 1.165) is 0 Å². The molecule has 0 aromatic carbocycles. The highest BCUT2D eigenvalue weighted by atomic mass is 16.3. The molecule has 9 heavy (non-hydrogen) atoms. The SMILES string of the molecule is N#Cc1ccnc(O)c1. The molecule has 0 saturated heterocycles. The molecule has 3 heteroatoms. The van der Waals surface area contributed by atoms with Gasteiger partial charge in [-0.1, -0.05) is 0 Å². The van der Waals surface area contributed by atoms with Crippen LogP contribution < -0.4 is 0 Å². The standard InChI is InChI=1S/C6H4N2O/c7-4-5-1-2-8-6(9)3-5/h1-3H,(H,8,9). The third-order valence-corrected chi connectivity index (χ3v) is 0.875. The molecule has 0 atom stereocenters. The fourth-order valence-corrected chi connectivity index (χ4v) is 0.488. The Morgan fingerprint density at radius 2 is 2.44 bits per heavy atom. The summed E-state index contributed by atoms with van der Waals surface area (Å²) in [4.78, 5) is 3.49. The van der Waals surface area contributed by atoms with E-state index < -0.39 is 0 Å². The highest BCUT2D eigenvalue weighted by Gasteiger charge is 1.89. The molecule has 0 radical (unpaired) electrons. The molecule has 0 saturated carbocycles. The number of aromatic nitrogens is 1. The van der Waals surface area contributed by atoms with E-state index in [1.165, 1.54) is 18.3 Å². The van der Waals surface area contributed by atoms with Gasteiger partial charge in [0, 0.05) is 12.3 Å². The van der Waals surface area contributed by atoms with E-state index >= 15 is 0 Å². The predicted molar refractivity (Wildman–Crippen MR) is 30.6 cm³/mol. The van der Waals surface area contributed by atoms with Crippen LogP contribution in [0.1, 0.15) is 5.56 Å². The molecule has 0 fully saturated rings. The Labute approximate surface area is 52.2 Å². The molecule has 1 rings (SSSR count). The van der Waals surface area contributed by atoms with Gasteiger partial charge in [0.2, 0.25) is 5.88 Å². The van der Waals surface area contributed by atoms with Crippen LogP contribution in [0.4, 0.5) is 0 Å². The fraction of sp³-hybridized carbons (Fsp3) is 0. The molecule has 1 heterocycles. The lowest BCUT2D eigenvalue weighted by Crippen LogP contribution is -1.75. The number of hydrogen-bond acceptors (Lipinski definition) is 3. The summed E-state index contributed by atoms with van der Waals surface area (Å²) in [7, 11) is 0. The van der Waals surface area contributed by atoms with Gasteiger partial charge in [0.05, 0.1) is 11.6 Å². The van der Waals surface area contributed by atoms with Crippen molar-refractivity contribution in [2.75, 3.05) is 0 Å². The third kappa shape index (κ3) is 1.16. The maximum Gasteiger partial charge on any atom is 0.212 e. The van der Waals surface area contributed by atoms with Crippen molar-refractivity contribution in [2.45, 2.75) is 0 Å². The largest absolute Gasteiger partial charge is 0.493 e. The summed E-state index contributed by atoms with van der Waals surface area (Å²) in [5, 5.41) is 17.0. The fourth-order valence-electron chi connectivity index (χ4n) is 0.488. The topological polar surface area (TPSA) is 56.9 Å². The van der Waals surface area contributed by atoms with Gasteiger partial charge in [-0.25, -0.2) is 4.98 Å². The molecule has 1 N–H and O–H groups in total. The number of pyridine rings is 1. The maximum absolute atomic E-state index is 8.68. The summed E-state index contributed by atoms with van der Waals surface area (Å²) < 4.78 is 0. The second-order valence-corrected chi connectivity index (χ2v) is 1.51. The highest BCUT2D eigenvalue weighted by Crippen LogP contribution is 2.04. The van der Waals surface area contributed by atoms with Crippen molar-refractivity contribution in [3.63, 3.8) is 0 Å². The van der Waals surface area contributed by atoms with E-state index in [4.69, 9.17) is 10.4 Å². The van der Waals surface area contributed by atoms with Crippen LogP contribution in [-0.4, -0.2) is 10.1 Å². The quantitative estimate of drug-likeness (QED) is 0.547. The monoisotopic (exact) mass is 120 g/mol. The molecule has 0 bridgehead atoms. The van der Waals surface area contributed by atoms with Gasteiger partial charge < -0.3 is 5.11 Å². The first-order valence-corrected chi connectivity index (χ1v) is 2.38. The lowest BCUT2D eigenvalue weighted by atomic mass is 10.3. The van der Waals surface area contributed by atoms with Crippen molar-refractivity contribution in [3.05, 3.63) is 23.9 Å². The van der Waals surface area contributed by atoms with E-state index in [-0.39, 0.29) is 5.88 Å². The molecule has 1 aromatic heterocycles. The summed E-state index contributed by atoms with van der Waals surface area (Å²) in [6, 6.07) is 4.70. The van der Waals surface area contributed by atoms with Gasteiger partial charge in [-0.2, -0.15) is 5.26 Å². The Morgan fingerprint density at radius 3 is 2.89 bits per heavy atom. The molecule has 0 aliphatic heterocycles. The van der Waals surface area contributed by atoms with Crippen molar-refractivity contribution in [1.29, 1.82) is 5.26 Å². The lowest BCUT2D eigenvalue weighted by molar-refractivity contribution is 0.453. The first-order chi connectivity index (χ1) is 4.33. The van der Waals surface area contributed by atoms with E-state index in [1.54, 1.807) is 0 Å². The molecule has 0 aliphatic carbocycles. The zero-order valence-corrected chi connectivity index (χ0v) is 4.57. The number of hydrogen-bond donors (Lipinski definition) is 1. The van der Waals surface area contributed by atoms with Gasteiger partial charge >= 0.3 is 0 Å². The van der Waals surface area contributed by atoms with Crippen LogP contribution in [0.5, 0.6) is 5.88 Å². The summed E-state index contributed by atoms with van der Waals surface area (Å²) >= 11 is 0. The molecular formula is C6H4N2O. The van der Waals surface area contributed by atoms with Gasteiger partial charge in [0.25, 0.3) is 0 Å². The van der Waals surface area contributed by atoms with Crippen molar-refractivity contribution in [3.8, 4) is 11.9 Å². The van der Waals surface area contributed by atoms with E-state index in [1.807, 2.05) is 6.07 Å². The summed E-state index contributed by atoms with van der Waals surface area (Å²) in [5.41, 5.74) is 0.419. The van der Waals surface area contributed by atoms with Crippen molar-refractivity contribution >= 4 is 0 Å². The average molecular weight is 120 g/mol. The van der Waals surface area contributed by atoms with E-state index in [9.17, 15) is 0 Å². The minimum absolute atomic E-state index is 0.117. The van der Waals surface area contributed by atoms with Crippen LogP contribution in [0.15, 0.2) is 18.3 Å². The van der Waals surface area contributed by atoms with Crippen molar-refractivity contribution < 1.29 is 5.11 Å². The highest BCUT2D eigenvalue weighted by molar-refractivity contribution is 5.30. The Kier molecular flexibility index (Phi) is 1.32. The van der Waals surface area contributed by atoms with Crippen LogP contribution in [0.2, 0.25) is 0 Å². The van der Waals surface area contributed by atoms with Gasteiger partial charge in [0.15, 0.2) is 0 Å². The Morgan fingerprint density at radius 1 is 1.67 bits per heavy atom. The number of nitrogens with zero attached hydrogens (tertiary/aromatic N) is 2. The number of rotatable bonds is 0. The molecule has 0 unspecified atom stereocenters. The third-order valence-electron chi connectivity index (χ3n) is 0.875. The van der Waals surface area contributed by atoms with Crippen molar-refractivity contribution in [2.24, 2.45) is 0 Å². The molecule has 1 aromatic rings. The van der Waals surface area contributed by atoms with E-state index in [0.29, 0.717) is 5.56 Å². The Hall–Kier alpha value is -1.56. The van der Waals surface area contributed by atoms with Gasteiger partial charge in [-0.05, 0) is 6.07 Å². The molecule has 0 aliphatic rings. The maximum atomic E-state index is 8.68. The minimum atomic E-state index is -0.117. The minimum Gasteiger partial charge on any atom is -0.493 e. The van der Waals surface area contributed by atoms with Crippen molar-refractivity contribution in [1.82, 2.24) is 4.98 Å². The van der Waals surface area contributed by atoms with Crippen LogP contribution in [0.3, 0.4) is 0 Å². The van der Waals surface area contributed by atoms with Gasteiger partial charge in [-0.15, -0.1) is 0 Å². The van der Waals surface area contributed by atoms with Crippen LogP contribution in [0.25, 0.3) is 0 Å². The molecular weight excluding hydrogens is 116 g/mol. The van der Waals surface area contributed by atoms with Gasteiger partial charge in [0.1, 0.15) is 0 Å². The lowest BCUT2D eigenvalue weighted by Gasteiger charge is -1.86. The van der Waals surface area contributed by atoms with Gasteiger partial charge in [-0.3, -0.25) is 0 Å². The first kappa shape index (κ1) is 5.57. The number of aromatic hydroxyl groups is 1. The summed E-state index contributed by atoms with van der Waals surface area (Å²) in [6.45, 7) is 0. The van der Waals surface area contributed by atoms with Crippen LogP contribution in [-0.2, 0) is 0 Å².